The Labute approximate surface area is 139 Å². The van der Waals surface area contributed by atoms with Crippen LogP contribution in [-0.4, -0.2) is 17.4 Å². The molecule has 0 bridgehead atoms. The molecule has 0 unspecified atom stereocenters. The molecule has 1 aliphatic rings. The summed E-state index contributed by atoms with van der Waals surface area (Å²) in [5.41, 5.74) is 4.16. The Balaban J connectivity index is 1.79. The molecule has 0 radical (unpaired) electrons. The van der Waals surface area contributed by atoms with Gasteiger partial charge in [0.05, 0.1) is 17.8 Å². The van der Waals surface area contributed by atoms with Gasteiger partial charge >= 0.3 is 0 Å². The van der Waals surface area contributed by atoms with Crippen LogP contribution in [0, 0.1) is 6.92 Å². The molecular formula is C17H15ClN4O. The number of aryl methyl sites for hydroxylation is 1. The summed E-state index contributed by atoms with van der Waals surface area (Å²) in [5.74, 6) is 0.260. The van der Waals surface area contributed by atoms with Crippen molar-refractivity contribution >= 4 is 23.3 Å². The molecule has 5 nitrogen and oxygen atoms in total. The Kier molecular flexibility index (Phi) is 4.21. The topological polar surface area (TPSA) is 66.7 Å². The van der Waals surface area contributed by atoms with Crippen LogP contribution < -0.4 is 5.32 Å². The van der Waals surface area contributed by atoms with Crippen LogP contribution in [0.15, 0.2) is 58.0 Å². The first-order valence-electron chi connectivity index (χ1n) is 7.16. The fourth-order valence-corrected chi connectivity index (χ4v) is 2.53. The molecule has 0 spiro atoms. The van der Waals surface area contributed by atoms with Gasteiger partial charge in [0, 0.05) is 22.3 Å². The van der Waals surface area contributed by atoms with Crippen molar-refractivity contribution in [3.05, 3.63) is 58.4 Å². The van der Waals surface area contributed by atoms with Crippen LogP contribution in [0.5, 0.6) is 0 Å². The molecule has 2 aromatic rings. The van der Waals surface area contributed by atoms with Crippen LogP contribution in [0.3, 0.4) is 0 Å². The standard InChI is InChI=1S/C17H15ClN4O/c1-10-3-5-15(18)13(7-10)12-4-6-16(19-8-12)21-17(23)14-9-20-22-11(14)2/h3-8H,9H2,1-2H3,(H,19,21,23). The van der Waals surface area contributed by atoms with Crippen molar-refractivity contribution in [3.8, 4) is 11.1 Å². The lowest BCUT2D eigenvalue weighted by Crippen LogP contribution is -2.16. The molecule has 1 aliphatic heterocycles. The fraction of sp³-hybridized carbons (Fsp3) is 0.176. The molecule has 1 N–H and O–H groups in total. The van der Waals surface area contributed by atoms with Gasteiger partial charge in [0.15, 0.2) is 0 Å². The van der Waals surface area contributed by atoms with Crippen LogP contribution in [0.4, 0.5) is 5.82 Å². The highest BCUT2D eigenvalue weighted by molar-refractivity contribution is 6.33. The molecule has 1 aromatic carbocycles. The van der Waals surface area contributed by atoms with Crippen molar-refractivity contribution < 1.29 is 4.79 Å². The van der Waals surface area contributed by atoms with Gasteiger partial charge in [0.1, 0.15) is 5.82 Å². The summed E-state index contributed by atoms with van der Waals surface area (Å²) in [6.45, 7) is 4.09. The SMILES string of the molecule is CC1=C(C(=O)Nc2ccc(-c3cc(C)ccc3Cl)cn2)CN=N1. The van der Waals surface area contributed by atoms with Gasteiger partial charge in [-0.05, 0) is 38.1 Å². The van der Waals surface area contributed by atoms with Crippen LogP contribution >= 0.6 is 11.6 Å². The first-order valence-corrected chi connectivity index (χ1v) is 7.53. The van der Waals surface area contributed by atoms with Gasteiger partial charge in [-0.15, -0.1) is 0 Å². The number of pyridine rings is 1. The molecule has 0 saturated carbocycles. The minimum Gasteiger partial charge on any atom is -0.307 e. The molecule has 23 heavy (non-hydrogen) atoms. The number of rotatable bonds is 3. The molecule has 0 atom stereocenters. The van der Waals surface area contributed by atoms with Gasteiger partial charge in [-0.2, -0.15) is 10.2 Å². The number of benzene rings is 1. The van der Waals surface area contributed by atoms with E-state index < -0.39 is 0 Å². The largest absolute Gasteiger partial charge is 0.307 e. The van der Waals surface area contributed by atoms with Crippen LogP contribution in [0.1, 0.15) is 12.5 Å². The van der Waals surface area contributed by atoms with Gasteiger partial charge in [-0.1, -0.05) is 23.2 Å². The van der Waals surface area contributed by atoms with E-state index >= 15 is 0 Å². The smallest absolute Gasteiger partial charge is 0.256 e. The number of anilines is 1. The maximum Gasteiger partial charge on any atom is 0.256 e. The number of hydrogen-bond acceptors (Lipinski definition) is 4. The van der Waals surface area contributed by atoms with E-state index in [2.05, 4.69) is 20.5 Å². The highest BCUT2D eigenvalue weighted by Gasteiger charge is 2.17. The summed E-state index contributed by atoms with van der Waals surface area (Å²) in [6, 6.07) is 9.47. The third-order valence-electron chi connectivity index (χ3n) is 3.60. The molecule has 2 heterocycles. The Morgan fingerprint density at radius 3 is 2.70 bits per heavy atom. The summed E-state index contributed by atoms with van der Waals surface area (Å²) in [7, 11) is 0. The minimum atomic E-state index is -0.221. The number of aromatic nitrogens is 1. The van der Waals surface area contributed by atoms with E-state index in [1.165, 1.54) is 0 Å². The Morgan fingerprint density at radius 2 is 2.04 bits per heavy atom. The van der Waals surface area contributed by atoms with E-state index in [-0.39, 0.29) is 5.91 Å². The lowest BCUT2D eigenvalue weighted by Gasteiger charge is -2.08. The first-order chi connectivity index (χ1) is 11.0. The number of hydrogen-bond donors (Lipinski definition) is 1. The molecule has 6 heteroatoms. The number of halogens is 1. The number of carbonyl (C=O) groups excluding carboxylic acids is 1. The number of azo groups is 1. The number of nitrogens with zero attached hydrogens (tertiary/aromatic N) is 3. The quantitative estimate of drug-likeness (QED) is 0.909. The zero-order valence-corrected chi connectivity index (χ0v) is 13.6. The third kappa shape index (κ3) is 3.29. The van der Waals surface area contributed by atoms with Crippen molar-refractivity contribution in [2.45, 2.75) is 13.8 Å². The van der Waals surface area contributed by atoms with Gasteiger partial charge < -0.3 is 5.32 Å². The second-order valence-corrected chi connectivity index (χ2v) is 5.74. The van der Waals surface area contributed by atoms with Crippen molar-refractivity contribution in [1.82, 2.24) is 4.98 Å². The molecule has 0 saturated heterocycles. The Bertz CT molecular complexity index is 825. The van der Waals surface area contributed by atoms with Gasteiger partial charge in [-0.25, -0.2) is 4.98 Å². The van der Waals surface area contributed by atoms with Crippen molar-refractivity contribution in [3.63, 3.8) is 0 Å². The van der Waals surface area contributed by atoms with Gasteiger partial charge in [0.2, 0.25) is 0 Å². The number of nitrogens with one attached hydrogen (secondary N) is 1. The zero-order valence-electron chi connectivity index (χ0n) is 12.8. The van der Waals surface area contributed by atoms with E-state index in [1.54, 1.807) is 19.2 Å². The monoisotopic (exact) mass is 326 g/mol. The van der Waals surface area contributed by atoms with E-state index in [4.69, 9.17) is 11.6 Å². The normalized spacial score (nSPS) is 13.5. The Morgan fingerprint density at radius 1 is 1.22 bits per heavy atom. The number of carbonyl (C=O) groups is 1. The van der Waals surface area contributed by atoms with Crippen molar-refractivity contribution in [1.29, 1.82) is 0 Å². The van der Waals surface area contributed by atoms with Gasteiger partial charge in [-0.3, -0.25) is 4.79 Å². The first kappa shape index (κ1) is 15.4. The van der Waals surface area contributed by atoms with Crippen LogP contribution in [0.2, 0.25) is 5.02 Å². The summed E-state index contributed by atoms with van der Waals surface area (Å²) in [6.07, 6.45) is 1.70. The minimum absolute atomic E-state index is 0.221. The Hall–Kier alpha value is -2.53. The van der Waals surface area contributed by atoms with E-state index in [9.17, 15) is 4.79 Å². The number of allylic oxidation sites excluding steroid dienone is 1. The maximum absolute atomic E-state index is 12.1. The second-order valence-electron chi connectivity index (χ2n) is 5.33. The van der Waals surface area contributed by atoms with Gasteiger partial charge in [0.25, 0.3) is 5.91 Å². The van der Waals surface area contributed by atoms with Crippen molar-refractivity contribution in [2.75, 3.05) is 11.9 Å². The average molecular weight is 327 g/mol. The summed E-state index contributed by atoms with van der Waals surface area (Å²) in [5, 5.41) is 11.1. The average Bonchev–Trinajstić information content (AvgIpc) is 2.97. The van der Waals surface area contributed by atoms with Crippen LogP contribution in [-0.2, 0) is 4.79 Å². The molecule has 0 fully saturated rings. The molecular weight excluding hydrogens is 312 g/mol. The summed E-state index contributed by atoms with van der Waals surface area (Å²) in [4.78, 5) is 16.4. The highest BCUT2D eigenvalue weighted by Crippen LogP contribution is 2.29. The van der Waals surface area contributed by atoms with Crippen LogP contribution in [0.25, 0.3) is 11.1 Å². The lowest BCUT2D eigenvalue weighted by atomic mass is 10.1. The van der Waals surface area contributed by atoms with E-state index in [0.717, 1.165) is 16.7 Å². The summed E-state index contributed by atoms with van der Waals surface area (Å²) < 4.78 is 0. The highest BCUT2D eigenvalue weighted by atomic mass is 35.5. The summed E-state index contributed by atoms with van der Waals surface area (Å²) >= 11 is 6.23. The van der Waals surface area contributed by atoms with E-state index in [0.29, 0.717) is 28.7 Å². The third-order valence-corrected chi connectivity index (χ3v) is 3.93. The molecule has 1 amide bonds. The number of amides is 1. The fourth-order valence-electron chi connectivity index (χ4n) is 2.30. The lowest BCUT2D eigenvalue weighted by molar-refractivity contribution is -0.112. The maximum atomic E-state index is 12.1. The molecule has 0 aliphatic carbocycles. The molecule has 1 aromatic heterocycles. The zero-order chi connectivity index (χ0) is 16.4. The predicted molar refractivity (Wildman–Crippen MR) is 90.5 cm³/mol. The van der Waals surface area contributed by atoms with Crippen molar-refractivity contribution in [2.24, 2.45) is 10.2 Å². The predicted octanol–water partition coefficient (Wildman–Crippen LogP) is 4.39. The second kappa shape index (κ2) is 6.30. The molecule has 3 rings (SSSR count). The van der Waals surface area contributed by atoms with E-state index in [1.807, 2.05) is 31.2 Å². The molecule has 116 valence electrons.